The highest BCUT2D eigenvalue weighted by molar-refractivity contribution is 7.98. The van der Waals surface area contributed by atoms with Crippen LogP contribution in [-0.2, 0) is 9.59 Å². The normalized spacial score (nSPS) is 11.8. The van der Waals surface area contributed by atoms with Crippen LogP contribution in [0.3, 0.4) is 0 Å². The van der Waals surface area contributed by atoms with Crippen molar-refractivity contribution in [3.8, 4) is 0 Å². The van der Waals surface area contributed by atoms with E-state index in [9.17, 15) is 14.4 Å². The number of rotatable bonds is 7. The van der Waals surface area contributed by atoms with Gasteiger partial charge in [0.1, 0.15) is 6.29 Å². The van der Waals surface area contributed by atoms with Gasteiger partial charge in [0.2, 0.25) is 5.91 Å². The van der Waals surface area contributed by atoms with E-state index in [0.717, 1.165) is 11.2 Å². The van der Waals surface area contributed by atoms with Crippen molar-refractivity contribution >= 4 is 42.9 Å². The molecule has 1 rings (SSSR count). The summed E-state index contributed by atoms with van der Waals surface area (Å²) < 4.78 is 5.24. The topological polar surface area (TPSA) is 87.3 Å². The first-order valence-corrected chi connectivity index (χ1v) is 10.6. The molecule has 29 heavy (non-hydrogen) atoms. The van der Waals surface area contributed by atoms with Crippen LogP contribution in [0.25, 0.3) is 0 Å². The Morgan fingerprint density at radius 3 is 1.93 bits per heavy atom. The molecule has 0 radical (unpaired) electrons. The maximum Gasteiger partial charge on any atom is 0.251 e. The number of aldehydes is 1. The van der Waals surface area contributed by atoms with Gasteiger partial charge in [-0.25, -0.2) is 0 Å². The summed E-state index contributed by atoms with van der Waals surface area (Å²) >= 11 is 4.77. The molecule has 164 valence electrons. The molecule has 1 aromatic rings. The van der Waals surface area contributed by atoms with Crippen LogP contribution in [0.2, 0.25) is 0 Å². The van der Waals surface area contributed by atoms with Crippen LogP contribution >= 0.6 is 24.8 Å². The Bertz CT molecular complexity index is 681. The predicted molar refractivity (Wildman–Crippen MR) is 124 cm³/mol. The van der Waals surface area contributed by atoms with E-state index < -0.39 is 10.8 Å². The van der Waals surface area contributed by atoms with Gasteiger partial charge in [-0.3, -0.25) is 19.0 Å². The van der Waals surface area contributed by atoms with E-state index in [0.29, 0.717) is 12.1 Å². The van der Waals surface area contributed by atoms with Gasteiger partial charge >= 0.3 is 0 Å². The number of carbonyl (C=O) groups excluding carboxylic acids is 3. The summed E-state index contributed by atoms with van der Waals surface area (Å²) in [6.07, 6.45) is 0.928. The molecule has 0 spiro atoms. The molecule has 0 aromatic heterocycles. The van der Waals surface area contributed by atoms with Crippen LogP contribution in [-0.4, -0.2) is 31.7 Å². The molecule has 0 aliphatic carbocycles. The molecule has 1 aromatic carbocycles. The van der Waals surface area contributed by atoms with Crippen molar-refractivity contribution in [3.05, 3.63) is 29.8 Å². The summed E-state index contributed by atoms with van der Waals surface area (Å²) in [5.41, 5.74) is -0.811. The average Bonchev–Trinajstić information content (AvgIpc) is 2.64. The number of hydrogen-bond donors (Lipinski definition) is 4. The molecule has 0 fully saturated rings. The lowest BCUT2D eigenvalue weighted by Gasteiger charge is -2.37. The largest absolute Gasteiger partial charge is 0.351 e. The average molecular weight is 442 g/mol. The summed E-state index contributed by atoms with van der Waals surface area (Å²) in [4.78, 5) is 36.3. The van der Waals surface area contributed by atoms with Crippen LogP contribution < -0.4 is 14.8 Å². The molecule has 0 unspecified atom stereocenters. The van der Waals surface area contributed by atoms with Gasteiger partial charge in [-0.05, 0) is 48.7 Å². The van der Waals surface area contributed by atoms with Crippen molar-refractivity contribution < 1.29 is 14.4 Å². The third-order valence-corrected chi connectivity index (χ3v) is 5.58. The van der Waals surface area contributed by atoms with Crippen LogP contribution in [0.4, 0.5) is 0 Å². The van der Waals surface area contributed by atoms with Gasteiger partial charge < -0.3 is 10.1 Å². The third kappa shape index (κ3) is 9.23. The molecule has 0 atom stereocenters. The van der Waals surface area contributed by atoms with Gasteiger partial charge in [-0.1, -0.05) is 61.3 Å². The van der Waals surface area contributed by atoms with Crippen LogP contribution in [0.5, 0.6) is 0 Å². The highest BCUT2D eigenvalue weighted by Crippen LogP contribution is 2.35. The molecular formula is C21H35N3O3S2. The third-order valence-electron chi connectivity index (χ3n) is 4.79. The number of hydrogen-bond acceptors (Lipinski definition) is 6. The molecule has 0 aliphatic heterocycles. The zero-order chi connectivity index (χ0) is 22.9. The smallest absolute Gasteiger partial charge is 0.251 e. The van der Waals surface area contributed by atoms with Crippen molar-refractivity contribution in [3.63, 3.8) is 0 Å². The van der Waals surface area contributed by atoms with Gasteiger partial charge in [0.25, 0.3) is 5.91 Å². The van der Waals surface area contributed by atoms with E-state index in [2.05, 4.69) is 27.6 Å². The molecule has 0 heterocycles. The number of carbonyl (C=O) groups is 3. The number of amides is 2. The van der Waals surface area contributed by atoms with Crippen molar-refractivity contribution in [1.82, 2.24) is 14.8 Å². The van der Waals surface area contributed by atoms with Crippen LogP contribution in [0, 0.1) is 16.2 Å². The summed E-state index contributed by atoms with van der Waals surface area (Å²) in [6, 6.07) is 7.03. The van der Waals surface area contributed by atoms with Crippen molar-refractivity contribution in [2.24, 2.45) is 16.2 Å². The maximum absolute atomic E-state index is 12.3. The first-order valence-electron chi connectivity index (χ1n) is 9.34. The fraction of sp³-hybridized carbons (Fsp3) is 0.571. The van der Waals surface area contributed by atoms with Crippen molar-refractivity contribution in [2.45, 2.75) is 53.4 Å². The SMILES string of the molecule is CC(C)(C)C(=O)NSc1ccc(C(=O)NCC(C)(C)C(C)(C)C=O)cc1.CNS. The van der Waals surface area contributed by atoms with Crippen LogP contribution in [0.15, 0.2) is 29.2 Å². The second-order valence-corrected chi connectivity index (χ2v) is 10.3. The predicted octanol–water partition coefficient (Wildman–Crippen LogP) is 3.89. The molecule has 6 nitrogen and oxygen atoms in total. The lowest BCUT2D eigenvalue weighted by Crippen LogP contribution is -2.43. The molecule has 0 bridgehead atoms. The summed E-state index contributed by atoms with van der Waals surface area (Å²) in [7, 11) is 1.74. The first-order chi connectivity index (χ1) is 13.2. The zero-order valence-electron chi connectivity index (χ0n) is 18.7. The summed E-state index contributed by atoms with van der Waals surface area (Å²) in [6.45, 7) is 13.6. The van der Waals surface area contributed by atoms with E-state index >= 15 is 0 Å². The highest BCUT2D eigenvalue weighted by atomic mass is 32.2. The van der Waals surface area contributed by atoms with E-state index in [4.69, 9.17) is 0 Å². The molecule has 0 saturated heterocycles. The molecule has 2 amide bonds. The second-order valence-electron chi connectivity index (χ2n) is 8.94. The molecule has 0 aliphatic rings. The highest BCUT2D eigenvalue weighted by Gasteiger charge is 2.37. The van der Waals surface area contributed by atoms with Crippen LogP contribution in [0.1, 0.15) is 58.8 Å². The van der Waals surface area contributed by atoms with Gasteiger partial charge in [0.15, 0.2) is 0 Å². The minimum absolute atomic E-state index is 0.0515. The standard InChI is InChI=1S/C20H30N2O3S.CH5NS/c1-18(2,3)17(25)22-26-15-10-8-14(9-11-15)16(24)21-12-19(4,5)20(6,7)13-23;1-2-3/h8-11,13H,12H2,1-7H3,(H,21,24)(H,22,25);2-3H,1H3. The van der Waals surface area contributed by atoms with Crippen molar-refractivity contribution in [2.75, 3.05) is 13.6 Å². The summed E-state index contributed by atoms with van der Waals surface area (Å²) in [5, 5.41) is 2.89. The fourth-order valence-electron chi connectivity index (χ4n) is 1.72. The Morgan fingerprint density at radius 2 is 1.52 bits per heavy atom. The Hall–Kier alpha value is -1.51. The quantitative estimate of drug-likeness (QED) is 0.293. The summed E-state index contributed by atoms with van der Waals surface area (Å²) in [5.74, 6) is -0.237. The van der Waals surface area contributed by atoms with Gasteiger partial charge in [-0.2, -0.15) is 0 Å². The zero-order valence-corrected chi connectivity index (χ0v) is 20.4. The Labute approximate surface area is 185 Å². The Kier molecular flexibility index (Phi) is 11.0. The first kappa shape index (κ1) is 27.5. The lowest BCUT2D eigenvalue weighted by atomic mass is 9.69. The van der Waals surface area contributed by atoms with E-state index in [-0.39, 0.29) is 17.2 Å². The molecule has 3 N–H and O–H groups in total. The number of nitrogens with one attached hydrogen (secondary N) is 3. The molecule has 0 saturated carbocycles. The van der Waals surface area contributed by atoms with E-state index in [1.54, 1.807) is 31.3 Å². The Morgan fingerprint density at radius 1 is 1.03 bits per heavy atom. The second kappa shape index (κ2) is 11.6. The molecule has 8 heteroatoms. The van der Waals surface area contributed by atoms with E-state index in [1.807, 2.05) is 48.5 Å². The van der Waals surface area contributed by atoms with Crippen molar-refractivity contribution in [1.29, 1.82) is 0 Å². The maximum atomic E-state index is 12.3. The Balaban J connectivity index is 0.00000245. The van der Waals surface area contributed by atoms with E-state index in [1.165, 1.54) is 11.9 Å². The van der Waals surface area contributed by atoms with Gasteiger partial charge in [-0.15, -0.1) is 0 Å². The number of benzene rings is 1. The molecular weight excluding hydrogens is 406 g/mol. The number of thiol groups is 1. The lowest BCUT2D eigenvalue weighted by molar-refractivity contribution is -0.126. The van der Waals surface area contributed by atoms with Gasteiger partial charge in [0, 0.05) is 27.8 Å². The van der Waals surface area contributed by atoms with Gasteiger partial charge in [0.05, 0.1) is 0 Å². The minimum Gasteiger partial charge on any atom is -0.351 e. The fourth-order valence-corrected chi connectivity index (χ4v) is 2.51. The monoisotopic (exact) mass is 441 g/mol. The minimum atomic E-state index is -0.536.